The van der Waals surface area contributed by atoms with E-state index in [9.17, 15) is 4.39 Å². The summed E-state index contributed by atoms with van der Waals surface area (Å²) in [6.45, 7) is 3.93. The first-order valence-corrected chi connectivity index (χ1v) is 8.32. The second-order valence-corrected chi connectivity index (χ2v) is 6.63. The molecule has 2 aromatic rings. The minimum absolute atomic E-state index is 0.0831. The molecule has 0 spiro atoms. The van der Waals surface area contributed by atoms with Crippen LogP contribution in [0.4, 0.5) is 10.1 Å². The maximum atomic E-state index is 13.5. The lowest BCUT2D eigenvalue weighted by molar-refractivity contribution is 0.473. The molecular weight excluding hydrogens is 327 g/mol. The Balaban J connectivity index is 1.79. The van der Waals surface area contributed by atoms with Crippen molar-refractivity contribution in [1.82, 2.24) is 4.90 Å². The van der Waals surface area contributed by atoms with Crippen molar-refractivity contribution >= 4 is 23.6 Å². The van der Waals surface area contributed by atoms with Crippen LogP contribution < -0.4 is 4.74 Å². The van der Waals surface area contributed by atoms with Crippen molar-refractivity contribution in [2.45, 2.75) is 32.7 Å². The van der Waals surface area contributed by atoms with E-state index in [4.69, 9.17) is 16.3 Å². The number of nitrogens with zero attached hydrogens (tertiary/aromatic N) is 2. The Kier molecular flexibility index (Phi) is 4.76. The van der Waals surface area contributed by atoms with Crippen molar-refractivity contribution in [2.24, 2.45) is 4.99 Å². The highest BCUT2D eigenvalue weighted by Gasteiger charge is 2.24. The van der Waals surface area contributed by atoms with E-state index < -0.39 is 5.82 Å². The van der Waals surface area contributed by atoms with Crippen LogP contribution in [0.2, 0.25) is 5.02 Å². The van der Waals surface area contributed by atoms with Gasteiger partial charge < -0.3 is 9.64 Å². The van der Waals surface area contributed by atoms with E-state index in [1.165, 1.54) is 25.0 Å². The van der Waals surface area contributed by atoms with Gasteiger partial charge in [0, 0.05) is 19.2 Å². The van der Waals surface area contributed by atoms with Gasteiger partial charge >= 0.3 is 0 Å². The van der Waals surface area contributed by atoms with Gasteiger partial charge in [-0.05, 0) is 62.1 Å². The van der Waals surface area contributed by atoms with E-state index in [0.29, 0.717) is 17.5 Å². The fraction of sp³-hybridized carbons (Fsp3) is 0.316. The lowest BCUT2D eigenvalue weighted by Crippen LogP contribution is -2.17. The molecule has 24 heavy (non-hydrogen) atoms. The molecule has 0 aliphatic heterocycles. The van der Waals surface area contributed by atoms with Crippen LogP contribution in [0.25, 0.3) is 0 Å². The quantitative estimate of drug-likeness (QED) is 0.516. The minimum atomic E-state index is -0.493. The predicted molar refractivity (Wildman–Crippen MR) is 96.3 cm³/mol. The zero-order valence-corrected chi connectivity index (χ0v) is 14.8. The van der Waals surface area contributed by atoms with Gasteiger partial charge in [-0.1, -0.05) is 11.6 Å². The summed E-state index contributed by atoms with van der Waals surface area (Å²) >= 11 is 5.70. The van der Waals surface area contributed by atoms with Gasteiger partial charge in [0.1, 0.15) is 17.3 Å². The third-order valence-corrected chi connectivity index (χ3v) is 4.42. The lowest BCUT2D eigenvalue weighted by atomic mass is 10.1. The molecule has 0 bridgehead atoms. The Labute approximate surface area is 146 Å². The van der Waals surface area contributed by atoms with Crippen molar-refractivity contribution in [3.63, 3.8) is 0 Å². The molecule has 3 nitrogen and oxygen atoms in total. The van der Waals surface area contributed by atoms with Crippen LogP contribution >= 0.6 is 11.6 Å². The molecule has 1 fully saturated rings. The Bertz CT molecular complexity index is 787. The topological polar surface area (TPSA) is 24.8 Å². The molecule has 1 saturated carbocycles. The lowest BCUT2D eigenvalue weighted by Gasteiger charge is -2.13. The molecule has 0 saturated heterocycles. The molecule has 2 aromatic carbocycles. The number of halogens is 2. The summed E-state index contributed by atoms with van der Waals surface area (Å²) in [6, 6.07) is 8.96. The molecule has 0 atom stereocenters. The SMILES string of the molecule is Cc1cc(Oc2ccc(Cl)c(F)c2)c(C)cc1/N=C/N(C)C1CC1. The van der Waals surface area contributed by atoms with Crippen LogP contribution in [0.15, 0.2) is 35.3 Å². The third-order valence-electron chi connectivity index (χ3n) is 4.11. The fourth-order valence-corrected chi connectivity index (χ4v) is 2.54. The molecule has 0 unspecified atom stereocenters. The van der Waals surface area contributed by atoms with E-state index in [-0.39, 0.29) is 5.02 Å². The largest absolute Gasteiger partial charge is 0.457 e. The number of aryl methyl sites for hydroxylation is 2. The van der Waals surface area contributed by atoms with Crippen molar-refractivity contribution in [3.8, 4) is 11.5 Å². The van der Waals surface area contributed by atoms with Gasteiger partial charge in [-0.25, -0.2) is 9.38 Å². The predicted octanol–water partition coefficient (Wildman–Crippen LogP) is 5.64. The standard InChI is InChI=1S/C19H20ClFN2O/c1-12-9-19(24-15-6-7-16(20)17(21)10-15)13(2)8-18(12)22-11-23(3)14-4-5-14/h6-11,14H,4-5H2,1-3H3/b22-11+. The summed E-state index contributed by atoms with van der Waals surface area (Å²) in [7, 11) is 2.05. The van der Waals surface area contributed by atoms with Gasteiger partial charge in [0.15, 0.2) is 0 Å². The van der Waals surface area contributed by atoms with Crippen LogP contribution in [-0.2, 0) is 0 Å². The molecule has 1 aliphatic carbocycles. The number of hydrogen-bond acceptors (Lipinski definition) is 2. The molecule has 0 radical (unpaired) electrons. The van der Waals surface area contributed by atoms with Crippen LogP contribution in [0.1, 0.15) is 24.0 Å². The Hall–Kier alpha value is -2.07. The second kappa shape index (κ2) is 6.81. The van der Waals surface area contributed by atoms with Crippen molar-refractivity contribution < 1.29 is 9.13 Å². The summed E-state index contributed by atoms with van der Waals surface area (Å²) in [5, 5.41) is 0.0831. The van der Waals surface area contributed by atoms with E-state index in [1.54, 1.807) is 6.07 Å². The van der Waals surface area contributed by atoms with E-state index in [2.05, 4.69) is 16.9 Å². The monoisotopic (exact) mass is 346 g/mol. The van der Waals surface area contributed by atoms with Gasteiger partial charge in [0.25, 0.3) is 0 Å². The van der Waals surface area contributed by atoms with Crippen LogP contribution in [0.5, 0.6) is 11.5 Å². The summed E-state index contributed by atoms with van der Waals surface area (Å²) in [4.78, 5) is 6.72. The average Bonchev–Trinajstić information content (AvgIpc) is 3.37. The third kappa shape index (κ3) is 3.88. The van der Waals surface area contributed by atoms with E-state index >= 15 is 0 Å². The molecule has 0 amide bonds. The molecular formula is C19H20ClFN2O. The van der Waals surface area contributed by atoms with Gasteiger partial charge in [0.05, 0.1) is 17.0 Å². The first-order valence-electron chi connectivity index (χ1n) is 7.94. The molecule has 3 rings (SSSR count). The average molecular weight is 347 g/mol. The van der Waals surface area contributed by atoms with E-state index in [1.807, 2.05) is 32.3 Å². The van der Waals surface area contributed by atoms with E-state index in [0.717, 1.165) is 16.8 Å². The van der Waals surface area contributed by atoms with Gasteiger partial charge in [-0.2, -0.15) is 0 Å². The number of benzene rings is 2. The van der Waals surface area contributed by atoms with Crippen LogP contribution in [-0.4, -0.2) is 24.3 Å². The molecule has 0 N–H and O–H groups in total. The van der Waals surface area contributed by atoms with Crippen molar-refractivity contribution in [1.29, 1.82) is 0 Å². The zero-order valence-electron chi connectivity index (χ0n) is 14.0. The second-order valence-electron chi connectivity index (χ2n) is 6.22. The van der Waals surface area contributed by atoms with Crippen molar-refractivity contribution in [2.75, 3.05) is 7.05 Å². The normalized spacial score (nSPS) is 14.2. The fourth-order valence-electron chi connectivity index (χ4n) is 2.42. The Morgan fingerprint density at radius 2 is 1.96 bits per heavy atom. The summed E-state index contributed by atoms with van der Waals surface area (Å²) in [5.74, 6) is 0.612. The summed E-state index contributed by atoms with van der Waals surface area (Å²) < 4.78 is 19.3. The maximum absolute atomic E-state index is 13.5. The molecule has 0 heterocycles. The zero-order chi connectivity index (χ0) is 17.3. The van der Waals surface area contributed by atoms with Crippen molar-refractivity contribution in [3.05, 3.63) is 52.3 Å². The maximum Gasteiger partial charge on any atom is 0.145 e. The van der Waals surface area contributed by atoms with Crippen LogP contribution in [0.3, 0.4) is 0 Å². The molecule has 0 aromatic heterocycles. The number of hydrogen-bond donors (Lipinski definition) is 0. The Morgan fingerprint density at radius 1 is 1.21 bits per heavy atom. The first-order chi connectivity index (χ1) is 11.4. The summed E-state index contributed by atoms with van der Waals surface area (Å²) in [6.07, 6.45) is 4.37. The molecule has 1 aliphatic rings. The molecule has 126 valence electrons. The first kappa shape index (κ1) is 16.8. The number of aliphatic imine (C=N–C) groups is 1. The number of rotatable bonds is 5. The smallest absolute Gasteiger partial charge is 0.145 e. The van der Waals surface area contributed by atoms with Gasteiger partial charge in [-0.3, -0.25) is 0 Å². The van der Waals surface area contributed by atoms with Gasteiger partial charge in [0.2, 0.25) is 0 Å². The minimum Gasteiger partial charge on any atom is -0.457 e. The Morgan fingerprint density at radius 3 is 2.62 bits per heavy atom. The highest BCUT2D eigenvalue weighted by molar-refractivity contribution is 6.30. The number of ether oxygens (including phenoxy) is 1. The van der Waals surface area contributed by atoms with Gasteiger partial charge in [-0.15, -0.1) is 0 Å². The highest BCUT2D eigenvalue weighted by Crippen LogP contribution is 2.33. The highest BCUT2D eigenvalue weighted by atomic mass is 35.5. The van der Waals surface area contributed by atoms with Crippen LogP contribution in [0, 0.1) is 19.7 Å². The summed E-state index contributed by atoms with van der Waals surface area (Å²) in [5.41, 5.74) is 2.86. The molecule has 5 heteroatoms.